The molecule has 94 valence electrons. The van der Waals surface area contributed by atoms with Gasteiger partial charge in [-0.2, -0.15) is 0 Å². The van der Waals surface area contributed by atoms with Gasteiger partial charge in [-0.05, 0) is 32.4 Å². The van der Waals surface area contributed by atoms with E-state index in [0.29, 0.717) is 6.54 Å². The molecule has 4 heteroatoms. The lowest BCUT2D eigenvalue weighted by molar-refractivity contribution is -0.120. The van der Waals surface area contributed by atoms with Crippen molar-refractivity contribution in [3.8, 4) is 0 Å². The van der Waals surface area contributed by atoms with Crippen molar-refractivity contribution in [2.45, 2.75) is 32.9 Å². The molecule has 1 atom stereocenters. The van der Waals surface area contributed by atoms with Crippen LogP contribution in [-0.2, 0) is 4.79 Å². The molecule has 1 aromatic carbocycles. The van der Waals surface area contributed by atoms with Gasteiger partial charge >= 0.3 is 0 Å². The Morgan fingerprint density at radius 3 is 2.53 bits per heavy atom. The molecule has 0 bridgehead atoms. The van der Waals surface area contributed by atoms with E-state index >= 15 is 0 Å². The largest absolute Gasteiger partial charge is 0.353 e. The summed E-state index contributed by atoms with van der Waals surface area (Å²) in [6.45, 7) is 6.17. The van der Waals surface area contributed by atoms with Crippen LogP contribution in [0, 0.1) is 0 Å². The average Bonchev–Trinajstić information content (AvgIpc) is 2.25. The lowest BCUT2D eigenvalue weighted by Crippen LogP contribution is -2.38. The molecule has 0 aliphatic carbocycles. The molecule has 0 heterocycles. The highest BCUT2D eigenvalue weighted by atomic mass is 35.5. The minimum absolute atomic E-state index is 0.00102. The number of rotatable bonds is 5. The van der Waals surface area contributed by atoms with E-state index in [2.05, 4.69) is 10.6 Å². The summed E-state index contributed by atoms with van der Waals surface area (Å²) in [7, 11) is 0. The number of hydrogen-bond donors (Lipinski definition) is 2. The van der Waals surface area contributed by atoms with Gasteiger partial charge in [0.2, 0.25) is 5.91 Å². The predicted molar refractivity (Wildman–Crippen MR) is 71.1 cm³/mol. The average molecular weight is 255 g/mol. The van der Waals surface area contributed by atoms with Crippen molar-refractivity contribution in [1.29, 1.82) is 0 Å². The Bertz CT molecular complexity index is 379. The fourth-order valence-electron chi connectivity index (χ4n) is 1.56. The predicted octanol–water partition coefficient (Wildman–Crippen LogP) is 2.52. The number of nitrogens with one attached hydrogen (secondary N) is 2. The van der Waals surface area contributed by atoms with E-state index in [1.54, 1.807) is 0 Å². The summed E-state index contributed by atoms with van der Waals surface area (Å²) in [5, 5.41) is 6.70. The number of benzene rings is 1. The Morgan fingerprint density at radius 2 is 1.94 bits per heavy atom. The van der Waals surface area contributed by atoms with E-state index in [1.807, 2.05) is 45.0 Å². The highest BCUT2D eigenvalue weighted by Crippen LogP contribution is 2.21. The van der Waals surface area contributed by atoms with Crippen LogP contribution in [0.4, 0.5) is 0 Å². The number of carbonyl (C=O) groups is 1. The van der Waals surface area contributed by atoms with Gasteiger partial charge in [-0.1, -0.05) is 29.8 Å². The molecule has 0 aromatic heterocycles. The maximum absolute atomic E-state index is 11.5. The van der Waals surface area contributed by atoms with Crippen LogP contribution < -0.4 is 10.6 Å². The van der Waals surface area contributed by atoms with Crippen molar-refractivity contribution in [3.63, 3.8) is 0 Å². The van der Waals surface area contributed by atoms with Crippen molar-refractivity contribution in [3.05, 3.63) is 34.9 Å². The number of hydrogen-bond acceptors (Lipinski definition) is 2. The molecule has 0 fully saturated rings. The number of carbonyl (C=O) groups excluding carboxylic acids is 1. The van der Waals surface area contributed by atoms with E-state index in [0.717, 1.165) is 10.6 Å². The topological polar surface area (TPSA) is 41.1 Å². The normalized spacial score (nSPS) is 12.5. The monoisotopic (exact) mass is 254 g/mol. The second-order valence-electron chi connectivity index (χ2n) is 4.35. The van der Waals surface area contributed by atoms with E-state index in [4.69, 9.17) is 11.6 Å². The van der Waals surface area contributed by atoms with E-state index in [9.17, 15) is 4.79 Å². The Kier molecular flexibility index (Phi) is 5.45. The molecule has 3 nitrogen and oxygen atoms in total. The van der Waals surface area contributed by atoms with Crippen LogP contribution in [0.25, 0.3) is 0 Å². The quantitative estimate of drug-likeness (QED) is 0.848. The van der Waals surface area contributed by atoms with Gasteiger partial charge in [-0.15, -0.1) is 0 Å². The summed E-state index contributed by atoms with van der Waals surface area (Å²) in [5.41, 5.74) is 1.01. The molecule has 1 aromatic rings. The van der Waals surface area contributed by atoms with Crippen LogP contribution in [0.3, 0.4) is 0 Å². The van der Waals surface area contributed by atoms with Gasteiger partial charge in [0.25, 0.3) is 0 Å². The van der Waals surface area contributed by atoms with Crippen LogP contribution in [0.1, 0.15) is 32.4 Å². The van der Waals surface area contributed by atoms with Gasteiger partial charge in [0.05, 0.1) is 6.54 Å². The summed E-state index contributed by atoms with van der Waals surface area (Å²) >= 11 is 6.08. The molecule has 0 spiro atoms. The van der Waals surface area contributed by atoms with E-state index in [1.165, 1.54) is 0 Å². The van der Waals surface area contributed by atoms with Crippen molar-refractivity contribution in [2.75, 3.05) is 6.54 Å². The third kappa shape index (κ3) is 4.75. The third-order valence-electron chi connectivity index (χ3n) is 2.39. The van der Waals surface area contributed by atoms with Gasteiger partial charge in [0.15, 0.2) is 0 Å². The zero-order valence-corrected chi connectivity index (χ0v) is 11.2. The van der Waals surface area contributed by atoms with Crippen LogP contribution >= 0.6 is 11.6 Å². The molecule has 0 saturated carbocycles. The van der Waals surface area contributed by atoms with Crippen LogP contribution in [-0.4, -0.2) is 18.5 Å². The minimum Gasteiger partial charge on any atom is -0.353 e. The molecule has 1 rings (SSSR count). The van der Waals surface area contributed by atoms with Crippen molar-refractivity contribution in [2.24, 2.45) is 0 Å². The van der Waals surface area contributed by atoms with Crippen LogP contribution in [0.2, 0.25) is 5.02 Å². The molecule has 1 amide bonds. The van der Waals surface area contributed by atoms with Gasteiger partial charge in [-0.25, -0.2) is 0 Å². The SMILES string of the molecule is CC(C)NC(=O)CN[C@H](C)c1ccccc1Cl. The van der Waals surface area contributed by atoms with Gasteiger partial charge in [0.1, 0.15) is 0 Å². The summed E-state index contributed by atoms with van der Waals surface area (Å²) in [6, 6.07) is 7.86. The standard InChI is InChI=1S/C13H19ClN2O/c1-9(2)16-13(17)8-15-10(3)11-6-4-5-7-12(11)14/h4-7,9-10,15H,8H2,1-3H3,(H,16,17)/t10-/m1/s1. The van der Waals surface area contributed by atoms with Gasteiger partial charge in [-0.3, -0.25) is 4.79 Å². The lowest BCUT2D eigenvalue weighted by Gasteiger charge is -2.16. The van der Waals surface area contributed by atoms with Crippen LogP contribution in [0.15, 0.2) is 24.3 Å². The molecule has 0 aliphatic rings. The van der Waals surface area contributed by atoms with Gasteiger partial charge in [0, 0.05) is 17.1 Å². The lowest BCUT2D eigenvalue weighted by atomic mass is 10.1. The molecule has 0 unspecified atom stereocenters. The fourth-order valence-corrected chi connectivity index (χ4v) is 1.85. The molecule has 0 radical (unpaired) electrons. The first-order valence-electron chi connectivity index (χ1n) is 5.78. The maximum Gasteiger partial charge on any atom is 0.234 e. The molecule has 17 heavy (non-hydrogen) atoms. The smallest absolute Gasteiger partial charge is 0.234 e. The fraction of sp³-hybridized carbons (Fsp3) is 0.462. The van der Waals surface area contributed by atoms with Crippen LogP contribution in [0.5, 0.6) is 0 Å². The Morgan fingerprint density at radius 1 is 1.29 bits per heavy atom. The Labute approximate surface area is 108 Å². The van der Waals surface area contributed by atoms with Crippen molar-refractivity contribution in [1.82, 2.24) is 10.6 Å². The molecular weight excluding hydrogens is 236 g/mol. The second-order valence-corrected chi connectivity index (χ2v) is 4.75. The number of amides is 1. The molecule has 0 saturated heterocycles. The summed E-state index contributed by atoms with van der Waals surface area (Å²) < 4.78 is 0. The minimum atomic E-state index is -0.00102. The first-order chi connectivity index (χ1) is 8.00. The summed E-state index contributed by atoms with van der Waals surface area (Å²) in [6.07, 6.45) is 0. The maximum atomic E-state index is 11.5. The first kappa shape index (κ1) is 14.0. The van der Waals surface area contributed by atoms with E-state index < -0.39 is 0 Å². The van der Waals surface area contributed by atoms with E-state index in [-0.39, 0.29) is 18.0 Å². The zero-order valence-electron chi connectivity index (χ0n) is 10.5. The number of halogens is 1. The Hall–Kier alpha value is -1.06. The van der Waals surface area contributed by atoms with Crippen molar-refractivity contribution < 1.29 is 4.79 Å². The molecular formula is C13H19ClN2O. The highest BCUT2D eigenvalue weighted by molar-refractivity contribution is 6.31. The summed E-state index contributed by atoms with van der Waals surface area (Å²) in [4.78, 5) is 11.5. The molecule has 2 N–H and O–H groups in total. The third-order valence-corrected chi connectivity index (χ3v) is 2.73. The molecule has 0 aliphatic heterocycles. The highest BCUT2D eigenvalue weighted by Gasteiger charge is 2.10. The Balaban J connectivity index is 2.48. The first-order valence-corrected chi connectivity index (χ1v) is 6.15. The summed E-state index contributed by atoms with van der Waals surface area (Å²) in [5.74, 6) is -0.00102. The van der Waals surface area contributed by atoms with Crippen molar-refractivity contribution >= 4 is 17.5 Å². The zero-order chi connectivity index (χ0) is 12.8. The second kappa shape index (κ2) is 6.62. The van der Waals surface area contributed by atoms with Gasteiger partial charge < -0.3 is 10.6 Å².